The smallest absolute Gasteiger partial charge is 0.309 e. The van der Waals surface area contributed by atoms with Gasteiger partial charge in [0.25, 0.3) is 0 Å². The number of carboxylic acids is 1. The Labute approximate surface area is 362 Å². The Kier molecular flexibility index (Phi) is 16.4. The van der Waals surface area contributed by atoms with Crippen LogP contribution in [0.5, 0.6) is 0 Å². The van der Waals surface area contributed by atoms with Gasteiger partial charge < -0.3 is 39.1 Å². The molecule has 0 radical (unpaired) electrons. The van der Waals surface area contributed by atoms with Crippen LogP contribution in [0.2, 0.25) is 0 Å². The highest BCUT2D eigenvalue weighted by molar-refractivity contribution is 8.00. The number of halogens is 1. The molecular formula is C46H74ClNO10S. The number of oxime groups is 1. The van der Waals surface area contributed by atoms with Crippen molar-refractivity contribution in [2.24, 2.45) is 52.0 Å². The first-order valence-electron chi connectivity index (χ1n) is 22.5. The van der Waals surface area contributed by atoms with Gasteiger partial charge in [0.15, 0.2) is 5.79 Å². The van der Waals surface area contributed by atoms with Crippen LogP contribution < -0.4 is 0 Å². The van der Waals surface area contributed by atoms with Crippen molar-refractivity contribution in [3.05, 3.63) is 23.8 Å². The molecule has 4 fully saturated rings. The molecule has 0 aromatic rings. The molecule has 59 heavy (non-hydrogen) atoms. The third-order valence-corrected chi connectivity index (χ3v) is 17.5. The summed E-state index contributed by atoms with van der Waals surface area (Å²) in [6.07, 6.45) is 10.3. The molecule has 5 aliphatic rings. The van der Waals surface area contributed by atoms with E-state index in [-0.39, 0.29) is 58.8 Å². The van der Waals surface area contributed by atoms with Gasteiger partial charge >= 0.3 is 5.97 Å². The number of Topliss-reactive ketones (excluding diaryl/α,β-unsaturated/α-hetero) is 1. The summed E-state index contributed by atoms with van der Waals surface area (Å²) in [5, 5.41) is 37.0. The second-order valence-corrected chi connectivity index (χ2v) is 20.7. The number of nitrogens with zero attached hydrogens (tertiary/aromatic N) is 1. The second-order valence-electron chi connectivity index (χ2n) is 18.9. The lowest BCUT2D eigenvalue weighted by Gasteiger charge is -2.53. The molecule has 0 aromatic carbocycles. The van der Waals surface area contributed by atoms with Crippen LogP contribution in [0.3, 0.4) is 0 Å². The van der Waals surface area contributed by atoms with Crippen molar-refractivity contribution in [3.8, 4) is 0 Å². The first-order valence-corrected chi connectivity index (χ1v) is 23.9. The van der Waals surface area contributed by atoms with Crippen LogP contribution in [0.4, 0.5) is 0 Å². The number of aliphatic carboxylic acids is 1. The Morgan fingerprint density at radius 1 is 1.02 bits per heavy atom. The number of hydrogen-bond acceptors (Lipinski definition) is 11. The topological polar surface area (TPSA) is 153 Å². The molecule has 5 aliphatic heterocycles. The summed E-state index contributed by atoms with van der Waals surface area (Å²) in [4.78, 5) is 32.3. The SMILES string of the molecule is CCC(C(=O)O)[C@H]1CC[C@H](C)[C@H]([C@@H](C)[C@H](O)[C@H](C)C(=O)[C@H](CC)[C@H]2O[C@]3(C=C/C(=N\OC/C=C/Cl)[C@]4(CC[C@@](C)([C@H]5CC[C@@](CC)(CO)[C@H](C)S5)O4)O3)[C@H](C)C[C@@H]2C)O1. The van der Waals surface area contributed by atoms with E-state index in [9.17, 15) is 24.9 Å². The summed E-state index contributed by atoms with van der Waals surface area (Å²) in [5.74, 6) is -5.62. The number of carbonyl (C=O) groups excluding carboxylic acids is 1. The molecule has 4 saturated heterocycles. The molecule has 1 unspecified atom stereocenters. The third-order valence-electron chi connectivity index (χ3n) is 15.3. The fourth-order valence-corrected chi connectivity index (χ4v) is 12.9. The zero-order valence-electron chi connectivity index (χ0n) is 37.2. The minimum atomic E-state index is -1.27. The number of rotatable bonds is 16. The molecule has 13 heteroatoms. The zero-order chi connectivity index (χ0) is 43.5. The molecule has 5 heterocycles. The van der Waals surface area contributed by atoms with E-state index in [1.54, 1.807) is 13.0 Å². The van der Waals surface area contributed by atoms with Crippen LogP contribution in [-0.4, -0.2) is 98.1 Å². The van der Waals surface area contributed by atoms with Crippen molar-refractivity contribution in [1.29, 1.82) is 0 Å². The Morgan fingerprint density at radius 2 is 1.73 bits per heavy atom. The van der Waals surface area contributed by atoms with Gasteiger partial charge in [-0.25, -0.2) is 0 Å². The van der Waals surface area contributed by atoms with E-state index in [2.05, 4.69) is 46.7 Å². The fourth-order valence-electron chi connectivity index (χ4n) is 11.0. The number of carboxylic acid groups (broad SMARTS) is 1. The molecular weight excluding hydrogens is 794 g/mol. The summed E-state index contributed by atoms with van der Waals surface area (Å²) < 4.78 is 28.0. The van der Waals surface area contributed by atoms with E-state index in [4.69, 9.17) is 35.4 Å². The maximum absolute atomic E-state index is 14.6. The molecule has 0 saturated carbocycles. The highest BCUT2D eigenvalue weighted by atomic mass is 35.5. The molecule has 5 rings (SSSR count). The van der Waals surface area contributed by atoms with Crippen LogP contribution in [-0.2, 0) is 33.4 Å². The van der Waals surface area contributed by atoms with Gasteiger partial charge in [0.05, 0.1) is 35.9 Å². The molecule has 336 valence electrons. The number of carbonyl (C=O) groups is 2. The van der Waals surface area contributed by atoms with E-state index < -0.39 is 65.1 Å². The highest BCUT2D eigenvalue weighted by Crippen LogP contribution is 2.57. The van der Waals surface area contributed by atoms with Crippen molar-refractivity contribution in [1.82, 2.24) is 0 Å². The van der Waals surface area contributed by atoms with E-state index >= 15 is 0 Å². The lowest BCUT2D eigenvalue weighted by molar-refractivity contribution is -0.365. The molecule has 11 nitrogen and oxygen atoms in total. The Hall–Kier alpha value is -1.51. The molecule has 0 aliphatic carbocycles. The predicted molar refractivity (Wildman–Crippen MR) is 232 cm³/mol. The minimum Gasteiger partial charge on any atom is -0.481 e. The Bertz CT molecular complexity index is 1540. The number of aliphatic hydroxyl groups excluding tert-OH is 2. The number of aliphatic hydroxyl groups is 2. The lowest BCUT2D eigenvalue weighted by atomic mass is 9.72. The van der Waals surface area contributed by atoms with Crippen LogP contribution in [0.25, 0.3) is 0 Å². The van der Waals surface area contributed by atoms with Gasteiger partial charge in [0.2, 0.25) is 5.79 Å². The summed E-state index contributed by atoms with van der Waals surface area (Å²) >= 11 is 7.67. The first-order chi connectivity index (χ1) is 27.9. The van der Waals surface area contributed by atoms with Gasteiger partial charge in [-0.3, -0.25) is 9.59 Å². The van der Waals surface area contributed by atoms with E-state index in [1.807, 2.05) is 44.7 Å². The lowest BCUT2D eigenvalue weighted by Crippen LogP contribution is -2.61. The summed E-state index contributed by atoms with van der Waals surface area (Å²) in [7, 11) is 0. The third kappa shape index (κ3) is 9.70. The van der Waals surface area contributed by atoms with Gasteiger partial charge in [-0.05, 0) is 94.8 Å². The standard InChI is InChI=1S/C46H74ClNO10S/c1-11-33(42(52)53)35-16-15-27(4)40(55-35)31(8)38(50)30(7)39(51)34(12-2)41-28(5)25-29(6)45(56-41)20-17-36(48-54-24-14-23-47)46(58-45)22-21-43(10,57-46)37-18-19-44(13-3,26-49)32(9)59-37/h14,17,20,23,27-35,37-38,40-41,49-50H,11-13,15-16,18-19,21-22,24-26H2,1-10H3,(H,52,53)/b23-14+,48-36+/t27-,28-,29+,30-,31-,32-,33?,34-,35+,37+,38+,40+,41-,43-,44-,45-,46-/m0/s1. The minimum absolute atomic E-state index is 0.0182. The van der Waals surface area contributed by atoms with Gasteiger partial charge in [-0.2, -0.15) is 11.8 Å². The average molecular weight is 869 g/mol. The predicted octanol–water partition coefficient (Wildman–Crippen LogP) is 8.92. The monoisotopic (exact) mass is 867 g/mol. The van der Waals surface area contributed by atoms with E-state index in [0.717, 1.165) is 38.5 Å². The van der Waals surface area contributed by atoms with Crippen molar-refractivity contribution >= 4 is 40.8 Å². The quantitative estimate of drug-likeness (QED) is 0.101. The van der Waals surface area contributed by atoms with Gasteiger partial charge in [0.1, 0.15) is 18.1 Å². The molecule has 2 spiro atoms. The highest BCUT2D eigenvalue weighted by Gasteiger charge is 2.62. The molecule has 0 amide bonds. The zero-order valence-corrected chi connectivity index (χ0v) is 38.8. The van der Waals surface area contributed by atoms with Crippen molar-refractivity contribution < 1.29 is 48.7 Å². The normalized spacial score (nSPS) is 42.2. The summed E-state index contributed by atoms with van der Waals surface area (Å²) in [6, 6.07) is 0. The van der Waals surface area contributed by atoms with Gasteiger partial charge in [0, 0.05) is 58.1 Å². The van der Waals surface area contributed by atoms with Crippen molar-refractivity contribution in [2.75, 3.05) is 13.2 Å². The molecule has 17 atom stereocenters. The molecule has 0 aromatic heterocycles. The molecule has 3 N–H and O–H groups in total. The molecule has 0 bridgehead atoms. The second kappa shape index (κ2) is 19.9. The maximum Gasteiger partial charge on any atom is 0.309 e. The fraction of sp³-hybridized carbons (Fsp3) is 0.848. The van der Waals surface area contributed by atoms with Crippen molar-refractivity contribution in [3.63, 3.8) is 0 Å². The maximum atomic E-state index is 14.6. The van der Waals surface area contributed by atoms with E-state index in [1.165, 1.54) is 5.54 Å². The number of thioether (sulfide) groups is 1. The Morgan fingerprint density at radius 3 is 2.34 bits per heavy atom. The Balaban J connectivity index is 1.38. The first kappa shape index (κ1) is 48.5. The number of ether oxygens (including phenoxy) is 4. The summed E-state index contributed by atoms with van der Waals surface area (Å²) in [5.41, 5.74) is 1.23. The van der Waals surface area contributed by atoms with Crippen molar-refractivity contribution in [2.45, 2.75) is 186 Å². The van der Waals surface area contributed by atoms with Crippen LogP contribution in [0.15, 0.2) is 28.9 Å². The number of hydrogen-bond donors (Lipinski definition) is 3. The van der Waals surface area contributed by atoms with Gasteiger partial charge in [-0.1, -0.05) is 79.1 Å². The van der Waals surface area contributed by atoms with E-state index in [0.29, 0.717) is 31.4 Å². The number of ketones is 1. The van der Waals surface area contributed by atoms with Gasteiger partial charge in [-0.15, -0.1) is 0 Å². The van der Waals surface area contributed by atoms with Crippen LogP contribution in [0, 0.1) is 46.8 Å². The average Bonchev–Trinajstić information content (AvgIpc) is 3.55. The largest absolute Gasteiger partial charge is 0.481 e. The van der Waals surface area contributed by atoms with Crippen LogP contribution >= 0.6 is 23.4 Å². The summed E-state index contributed by atoms with van der Waals surface area (Å²) in [6.45, 7) is 20.8. The van der Waals surface area contributed by atoms with Crippen LogP contribution in [0.1, 0.15) is 133 Å².